The molecule has 0 atom stereocenters. The van der Waals surface area contributed by atoms with Crippen LogP contribution in [0.25, 0.3) is 10.3 Å². The molecular weight excluding hydrogens is 404 g/mol. The molecule has 0 aromatic carbocycles. The van der Waals surface area contributed by atoms with Gasteiger partial charge in [0, 0.05) is 30.6 Å². The molecule has 0 bridgehead atoms. The van der Waals surface area contributed by atoms with Crippen molar-refractivity contribution in [1.29, 1.82) is 0 Å². The fraction of sp³-hybridized carbons (Fsp3) is 0.650. The predicted octanol–water partition coefficient (Wildman–Crippen LogP) is 1.26. The van der Waals surface area contributed by atoms with E-state index in [1.807, 2.05) is 20.8 Å². The zero-order valence-electron chi connectivity index (χ0n) is 17.6. The van der Waals surface area contributed by atoms with Gasteiger partial charge in [0.15, 0.2) is 10.8 Å². The van der Waals surface area contributed by atoms with Crippen molar-refractivity contribution in [3.05, 3.63) is 16.7 Å². The monoisotopic (exact) mass is 432 g/mol. The highest BCUT2D eigenvalue weighted by Gasteiger charge is 2.30. The van der Waals surface area contributed by atoms with Crippen LogP contribution >= 0.6 is 11.3 Å². The molecule has 1 saturated carbocycles. The Hall–Kier alpha value is -2.49. The average molecular weight is 433 g/mol. The zero-order chi connectivity index (χ0) is 21.5. The molecule has 1 aliphatic heterocycles. The number of nitrogens with one attached hydrogen (secondary N) is 2. The molecule has 2 fully saturated rings. The Morgan fingerprint density at radius 3 is 2.53 bits per heavy atom. The largest absolute Gasteiger partial charge is 0.353 e. The van der Waals surface area contributed by atoms with E-state index in [1.54, 1.807) is 0 Å². The highest BCUT2D eigenvalue weighted by molar-refractivity contribution is 7.22. The predicted molar refractivity (Wildman–Crippen MR) is 116 cm³/mol. The number of piperidine rings is 1. The Labute approximate surface area is 178 Å². The van der Waals surface area contributed by atoms with Crippen LogP contribution in [0.15, 0.2) is 11.1 Å². The molecule has 2 amide bonds. The number of amides is 2. The molecule has 2 aliphatic rings. The van der Waals surface area contributed by atoms with Crippen molar-refractivity contribution in [2.45, 2.75) is 64.6 Å². The molecular formula is C20H28N6O3S. The van der Waals surface area contributed by atoms with Gasteiger partial charge in [-0.15, -0.1) is 0 Å². The van der Waals surface area contributed by atoms with E-state index in [0.29, 0.717) is 16.4 Å². The van der Waals surface area contributed by atoms with Gasteiger partial charge in [-0.1, -0.05) is 11.3 Å². The lowest BCUT2D eigenvalue weighted by Crippen LogP contribution is -2.43. The fourth-order valence-electron chi connectivity index (χ4n) is 3.58. The summed E-state index contributed by atoms with van der Waals surface area (Å²) in [6.45, 7) is 7.05. The van der Waals surface area contributed by atoms with Crippen LogP contribution in [0.5, 0.6) is 0 Å². The summed E-state index contributed by atoms with van der Waals surface area (Å²) in [6, 6.07) is 0.388. The maximum Gasteiger partial charge on any atom is 0.273 e. The van der Waals surface area contributed by atoms with E-state index in [-0.39, 0.29) is 35.4 Å². The minimum atomic E-state index is -0.364. The first-order valence-corrected chi connectivity index (χ1v) is 11.2. The molecule has 2 aromatic rings. The van der Waals surface area contributed by atoms with Gasteiger partial charge in [-0.3, -0.25) is 19.0 Å². The first-order valence-electron chi connectivity index (χ1n) is 10.4. The van der Waals surface area contributed by atoms with Crippen LogP contribution in [-0.4, -0.2) is 51.0 Å². The maximum atomic E-state index is 12.8. The minimum absolute atomic E-state index is 0.0490. The Morgan fingerprint density at radius 1 is 1.20 bits per heavy atom. The number of aromatic nitrogens is 3. The minimum Gasteiger partial charge on any atom is -0.353 e. The molecule has 10 heteroatoms. The number of rotatable bonds is 5. The maximum absolute atomic E-state index is 12.8. The lowest BCUT2D eigenvalue weighted by molar-refractivity contribution is -0.126. The molecule has 9 nitrogen and oxygen atoms in total. The van der Waals surface area contributed by atoms with Crippen molar-refractivity contribution < 1.29 is 9.59 Å². The van der Waals surface area contributed by atoms with Crippen molar-refractivity contribution in [2.75, 3.05) is 18.0 Å². The second-order valence-corrected chi connectivity index (χ2v) is 10.1. The molecule has 2 N–H and O–H groups in total. The molecule has 30 heavy (non-hydrogen) atoms. The molecule has 3 heterocycles. The summed E-state index contributed by atoms with van der Waals surface area (Å²) in [4.78, 5) is 48.2. The standard InChI is InChI=1S/C20H28N6O3S/c1-20(2,3)24-14(27)10-26-11-21-16-15(18(26)29)30-19(23-16)25-8-6-12(7-9-25)17(28)22-13-4-5-13/h11-13H,4-10H2,1-3H3,(H,22,28)(H,24,27). The van der Waals surface area contributed by atoms with Gasteiger partial charge in [0.05, 0.1) is 0 Å². The van der Waals surface area contributed by atoms with Crippen molar-refractivity contribution in [1.82, 2.24) is 25.2 Å². The first kappa shape index (κ1) is 20.8. The molecule has 0 unspecified atom stereocenters. The number of nitrogens with zero attached hydrogens (tertiary/aromatic N) is 4. The van der Waals surface area contributed by atoms with Crippen LogP contribution in [0.2, 0.25) is 0 Å². The van der Waals surface area contributed by atoms with Crippen LogP contribution in [-0.2, 0) is 16.1 Å². The first-order chi connectivity index (χ1) is 14.2. The topological polar surface area (TPSA) is 109 Å². The quantitative estimate of drug-likeness (QED) is 0.736. The Morgan fingerprint density at radius 2 is 1.90 bits per heavy atom. The number of carbonyl (C=O) groups excluding carboxylic acids is 2. The number of anilines is 1. The van der Waals surface area contributed by atoms with E-state index in [9.17, 15) is 14.4 Å². The van der Waals surface area contributed by atoms with Gasteiger partial charge in [0.1, 0.15) is 17.6 Å². The van der Waals surface area contributed by atoms with Gasteiger partial charge in [-0.05, 0) is 46.5 Å². The lowest BCUT2D eigenvalue weighted by Gasteiger charge is -2.30. The SMILES string of the molecule is CC(C)(C)NC(=O)Cn1cnc2nc(N3CCC(C(=O)NC4CC4)CC3)sc2c1=O. The number of hydrogen-bond acceptors (Lipinski definition) is 7. The van der Waals surface area contributed by atoms with Crippen LogP contribution in [0.3, 0.4) is 0 Å². The second-order valence-electron chi connectivity index (χ2n) is 9.17. The van der Waals surface area contributed by atoms with Crippen LogP contribution in [0.4, 0.5) is 5.13 Å². The molecule has 1 saturated heterocycles. The Bertz CT molecular complexity index is 1010. The summed E-state index contributed by atoms with van der Waals surface area (Å²) in [5.41, 5.74) is -0.218. The number of carbonyl (C=O) groups is 2. The molecule has 4 rings (SSSR count). The van der Waals surface area contributed by atoms with Crippen molar-refractivity contribution in [3.8, 4) is 0 Å². The van der Waals surface area contributed by atoms with Gasteiger partial charge < -0.3 is 15.5 Å². The average Bonchev–Trinajstić information content (AvgIpc) is 3.37. The van der Waals surface area contributed by atoms with Crippen molar-refractivity contribution in [3.63, 3.8) is 0 Å². The smallest absolute Gasteiger partial charge is 0.273 e. The van der Waals surface area contributed by atoms with E-state index in [2.05, 4.69) is 25.5 Å². The number of hydrogen-bond donors (Lipinski definition) is 2. The van der Waals surface area contributed by atoms with Gasteiger partial charge in [0.2, 0.25) is 11.8 Å². The van der Waals surface area contributed by atoms with Crippen LogP contribution in [0, 0.1) is 5.92 Å². The fourth-order valence-corrected chi connectivity index (χ4v) is 4.60. The van der Waals surface area contributed by atoms with E-state index in [1.165, 1.54) is 22.2 Å². The zero-order valence-corrected chi connectivity index (χ0v) is 18.4. The summed E-state index contributed by atoms with van der Waals surface area (Å²) in [5, 5.41) is 6.68. The van der Waals surface area contributed by atoms with Gasteiger partial charge >= 0.3 is 0 Å². The summed E-state index contributed by atoms with van der Waals surface area (Å²) >= 11 is 1.30. The molecule has 0 radical (unpaired) electrons. The van der Waals surface area contributed by atoms with Gasteiger partial charge in [0.25, 0.3) is 5.56 Å². The molecule has 162 valence electrons. The summed E-state index contributed by atoms with van der Waals surface area (Å²) in [5.74, 6) is -0.0190. The van der Waals surface area contributed by atoms with Gasteiger partial charge in [-0.2, -0.15) is 4.98 Å². The van der Waals surface area contributed by atoms with E-state index < -0.39 is 0 Å². The second kappa shape index (κ2) is 7.98. The Kier molecular flexibility index (Phi) is 5.52. The summed E-state index contributed by atoms with van der Waals surface area (Å²) < 4.78 is 1.77. The third-order valence-corrected chi connectivity index (χ3v) is 6.35. The van der Waals surface area contributed by atoms with E-state index in [0.717, 1.165) is 43.9 Å². The van der Waals surface area contributed by atoms with Crippen LogP contribution < -0.4 is 21.1 Å². The highest BCUT2D eigenvalue weighted by atomic mass is 32.1. The summed E-state index contributed by atoms with van der Waals surface area (Å²) in [7, 11) is 0. The van der Waals surface area contributed by atoms with E-state index >= 15 is 0 Å². The highest BCUT2D eigenvalue weighted by Crippen LogP contribution is 2.29. The van der Waals surface area contributed by atoms with E-state index in [4.69, 9.17) is 0 Å². The number of thiazole rings is 1. The lowest BCUT2D eigenvalue weighted by atomic mass is 9.96. The third-order valence-electron chi connectivity index (χ3n) is 5.26. The van der Waals surface area contributed by atoms with Gasteiger partial charge in [-0.25, -0.2) is 4.98 Å². The van der Waals surface area contributed by atoms with Crippen molar-refractivity contribution >= 4 is 38.6 Å². The normalized spacial score (nSPS) is 17.9. The molecule has 2 aromatic heterocycles. The summed E-state index contributed by atoms with van der Waals surface area (Å²) in [6.07, 6.45) is 5.13. The number of fused-ring (bicyclic) bond motifs is 1. The molecule has 0 spiro atoms. The third kappa shape index (κ3) is 4.80. The Balaban J connectivity index is 1.43. The molecule has 1 aliphatic carbocycles. The van der Waals surface area contributed by atoms with Crippen LogP contribution in [0.1, 0.15) is 46.5 Å². The van der Waals surface area contributed by atoms with Crippen molar-refractivity contribution in [2.24, 2.45) is 5.92 Å².